The number of nitrogens with zero attached hydrogens (tertiary/aromatic N) is 2. The third-order valence-electron chi connectivity index (χ3n) is 3.72. The van der Waals surface area contributed by atoms with Crippen molar-refractivity contribution >= 4 is 5.69 Å². The Balaban J connectivity index is 2.17. The average molecular weight is 232 g/mol. The summed E-state index contributed by atoms with van der Waals surface area (Å²) in [4.78, 5) is 5.04. The van der Waals surface area contributed by atoms with Crippen LogP contribution in [0.4, 0.5) is 5.69 Å². The lowest BCUT2D eigenvalue weighted by molar-refractivity contribution is 0.0820. The van der Waals surface area contributed by atoms with E-state index in [-0.39, 0.29) is 0 Å². The van der Waals surface area contributed by atoms with Crippen LogP contribution in [0.15, 0.2) is 24.3 Å². The van der Waals surface area contributed by atoms with Gasteiger partial charge in [-0.25, -0.2) is 0 Å². The van der Waals surface area contributed by atoms with E-state index in [2.05, 4.69) is 35.8 Å². The van der Waals surface area contributed by atoms with Crippen LogP contribution in [-0.4, -0.2) is 42.5 Å². The molecule has 1 N–H and O–H groups in total. The third-order valence-corrected chi connectivity index (χ3v) is 3.72. The predicted molar refractivity (Wildman–Crippen MR) is 71.3 cm³/mol. The van der Waals surface area contributed by atoms with Gasteiger partial charge in [0, 0.05) is 25.7 Å². The minimum atomic E-state index is 0.495. The summed E-state index contributed by atoms with van der Waals surface area (Å²) in [6.07, 6.45) is 0. The Morgan fingerprint density at radius 2 is 1.82 bits per heavy atom. The Kier molecular flexibility index (Phi) is 4.02. The zero-order valence-corrected chi connectivity index (χ0v) is 10.8. The first-order chi connectivity index (χ1) is 8.24. The molecule has 1 aliphatic rings. The minimum Gasteiger partial charge on any atom is -0.301 e. The van der Waals surface area contributed by atoms with Gasteiger partial charge in [0.05, 0.1) is 5.69 Å². The molecule has 1 heterocycles. The van der Waals surface area contributed by atoms with Crippen LogP contribution in [0, 0.1) is 0 Å². The van der Waals surface area contributed by atoms with Gasteiger partial charge < -0.3 is 10.6 Å². The highest BCUT2D eigenvalue weighted by Crippen LogP contribution is 2.25. The summed E-state index contributed by atoms with van der Waals surface area (Å²) in [6, 6.07) is 8.50. The molecule has 2 rings (SSSR count). The molecule has 1 aliphatic heterocycles. The molecule has 3 nitrogen and oxygen atoms in total. The molecule has 1 unspecified atom stereocenters. The number of likely N-dealkylation sites (N-methyl/N-ethyl adjacent to an activating group) is 2. The second-order valence-electron chi connectivity index (χ2n) is 4.66. The molecule has 1 aromatic rings. The molecule has 1 saturated heterocycles. The maximum absolute atomic E-state index is 7.55. The van der Waals surface area contributed by atoms with Crippen molar-refractivity contribution in [3.8, 4) is 0 Å². The molecule has 0 aromatic heterocycles. The zero-order chi connectivity index (χ0) is 12.3. The second-order valence-corrected chi connectivity index (χ2v) is 4.66. The fourth-order valence-electron chi connectivity index (χ4n) is 2.56. The van der Waals surface area contributed by atoms with Crippen molar-refractivity contribution in [3.63, 3.8) is 0 Å². The molecule has 0 amide bonds. The van der Waals surface area contributed by atoms with Gasteiger partial charge in [-0.3, -0.25) is 4.90 Å². The van der Waals surface area contributed by atoms with Crippen molar-refractivity contribution in [2.45, 2.75) is 19.9 Å². The van der Waals surface area contributed by atoms with E-state index in [1.807, 2.05) is 12.1 Å². The van der Waals surface area contributed by atoms with E-state index in [0.717, 1.165) is 26.2 Å². The van der Waals surface area contributed by atoms with Crippen LogP contribution in [0.25, 0.3) is 0 Å². The van der Waals surface area contributed by atoms with E-state index in [9.17, 15) is 0 Å². The number of hydrogen-bond acceptors (Lipinski definition) is 2. The van der Waals surface area contributed by atoms with E-state index in [0.29, 0.717) is 11.7 Å². The largest absolute Gasteiger partial charge is 0.301 e. The average Bonchev–Trinajstić information content (AvgIpc) is 2.39. The zero-order valence-electron chi connectivity index (χ0n) is 10.8. The van der Waals surface area contributed by atoms with Crippen LogP contribution in [0.2, 0.25) is 0 Å². The lowest BCUT2D eigenvalue weighted by atomic mass is 10.0. The highest BCUT2D eigenvalue weighted by atomic mass is 15.3. The molecule has 0 saturated carbocycles. The monoisotopic (exact) mass is 232 g/mol. The first kappa shape index (κ1) is 12.4. The topological polar surface area (TPSA) is 30.3 Å². The number of nitrogens with one attached hydrogen (secondary N) is 1. The first-order valence-electron chi connectivity index (χ1n) is 6.52. The maximum Gasteiger partial charge on any atom is 0.0540 e. The van der Waals surface area contributed by atoms with Gasteiger partial charge in [-0.05, 0) is 30.8 Å². The Labute approximate surface area is 104 Å². The molecule has 0 aliphatic carbocycles. The number of benzene rings is 1. The van der Waals surface area contributed by atoms with Gasteiger partial charge in [-0.1, -0.05) is 26.0 Å². The summed E-state index contributed by atoms with van der Waals surface area (Å²) in [5.74, 6) is 0. The van der Waals surface area contributed by atoms with Crippen molar-refractivity contribution < 1.29 is 0 Å². The minimum absolute atomic E-state index is 0.495. The molecule has 1 aromatic carbocycles. The molecular weight excluding hydrogens is 210 g/mol. The van der Waals surface area contributed by atoms with Gasteiger partial charge in [0.1, 0.15) is 0 Å². The maximum atomic E-state index is 7.55. The van der Waals surface area contributed by atoms with Gasteiger partial charge in [0.2, 0.25) is 0 Å². The summed E-state index contributed by atoms with van der Waals surface area (Å²) in [6.45, 7) is 10.1. The fourth-order valence-corrected chi connectivity index (χ4v) is 2.56. The number of piperazine rings is 1. The summed E-state index contributed by atoms with van der Waals surface area (Å²) >= 11 is 0. The molecule has 93 valence electrons. The van der Waals surface area contributed by atoms with E-state index in [1.54, 1.807) is 0 Å². The van der Waals surface area contributed by atoms with Gasteiger partial charge >= 0.3 is 0 Å². The van der Waals surface area contributed by atoms with Crippen LogP contribution < -0.4 is 5.73 Å². The van der Waals surface area contributed by atoms with Crippen LogP contribution in [0.1, 0.15) is 25.5 Å². The standard InChI is InChI=1S/C14H22N3/c1-3-16-9-10-17(4-2)14(11-16)12-5-7-13(15)8-6-12/h5-8,14-15H,3-4,9-11H2,1-2H3. The van der Waals surface area contributed by atoms with Crippen molar-refractivity contribution in [3.05, 3.63) is 29.8 Å². The normalized spacial score (nSPS) is 22.8. The summed E-state index contributed by atoms with van der Waals surface area (Å²) < 4.78 is 0. The summed E-state index contributed by atoms with van der Waals surface area (Å²) in [7, 11) is 0. The first-order valence-corrected chi connectivity index (χ1v) is 6.52. The lowest BCUT2D eigenvalue weighted by Gasteiger charge is -2.41. The quantitative estimate of drug-likeness (QED) is 0.800. The van der Waals surface area contributed by atoms with Crippen LogP contribution >= 0.6 is 0 Å². The van der Waals surface area contributed by atoms with E-state index < -0.39 is 0 Å². The number of hydrogen-bond donors (Lipinski definition) is 0. The summed E-state index contributed by atoms with van der Waals surface area (Å²) in [5.41, 5.74) is 9.50. The van der Waals surface area contributed by atoms with E-state index in [1.165, 1.54) is 12.1 Å². The Bertz CT molecular complexity index is 347. The van der Waals surface area contributed by atoms with Gasteiger partial charge in [-0.2, -0.15) is 0 Å². The molecule has 1 fully saturated rings. The van der Waals surface area contributed by atoms with E-state index in [4.69, 9.17) is 5.73 Å². The fraction of sp³-hybridized carbons (Fsp3) is 0.571. The molecule has 1 radical (unpaired) electrons. The van der Waals surface area contributed by atoms with Crippen molar-refractivity contribution in [2.24, 2.45) is 0 Å². The lowest BCUT2D eigenvalue weighted by Crippen LogP contribution is -2.48. The Morgan fingerprint density at radius 1 is 1.12 bits per heavy atom. The van der Waals surface area contributed by atoms with Crippen molar-refractivity contribution in [1.82, 2.24) is 15.5 Å². The molecule has 1 atom stereocenters. The van der Waals surface area contributed by atoms with Gasteiger partial charge in [0.25, 0.3) is 0 Å². The Hall–Kier alpha value is -1.06. The SMILES string of the molecule is CCN1CCN(CC)C(c2ccc([NH])cc2)C1. The van der Waals surface area contributed by atoms with Crippen molar-refractivity contribution in [2.75, 3.05) is 32.7 Å². The molecule has 0 bridgehead atoms. The smallest absolute Gasteiger partial charge is 0.0540 e. The molecular formula is C14H22N3. The van der Waals surface area contributed by atoms with Crippen molar-refractivity contribution in [1.29, 1.82) is 0 Å². The van der Waals surface area contributed by atoms with Crippen LogP contribution in [0.3, 0.4) is 0 Å². The van der Waals surface area contributed by atoms with Gasteiger partial charge in [0.15, 0.2) is 0 Å². The third kappa shape index (κ3) is 2.79. The summed E-state index contributed by atoms with van der Waals surface area (Å²) in [5, 5.41) is 0. The molecule has 17 heavy (non-hydrogen) atoms. The second kappa shape index (κ2) is 5.52. The predicted octanol–water partition coefficient (Wildman–Crippen LogP) is 2.30. The van der Waals surface area contributed by atoms with Crippen LogP contribution in [0.5, 0.6) is 0 Å². The van der Waals surface area contributed by atoms with Gasteiger partial charge in [-0.15, -0.1) is 0 Å². The molecule has 3 heteroatoms. The highest BCUT2D eigenvalue weighted by molar-refractivity contribution is 5.37. The van der Waals surface area contributed by atoms with E-state index >= 15 is 0 Å². The number of rotatable bonds is 3. The highest BCUT2D eigenvalue weighted by Gasteiger charge is 2.26. The Morgan fingerprint density at radius 3 is 2.41 bits per heavy atom. The molecule has 0 spiro atoms. The van der Waals surface area contributed by atoms with Crippen LogP contribution in [-0.2, 0) is 0 Å².